The summed E-state index contributed by atoms with van der Waals surface area (Å²) in [5.41, 5.74) is 0. The highest BCUT2D eigenvalue weighted by Gasteiger charge is 2.09. The van der Waals surface area contributed by atoms with Gasteiger partial charge in [-0.2, -0.15) is 0 Å². The zero-order valence-corrected chi connectivity index (χ0v) is 8.88. The maximum Gasteiger partial charge on any atom is 0.0669 e. The third-order valence-corrected chi connectivity index (χ3v) is 2.03. The summed E-state index contributed by atoms with van der Waals surface area (Å²) in [5.74, 6) is 0.657. The van der Waals surface area contributed by atoms with E-state index in [0.717, 1.165) is 13.0 Å². The number of hydrogen-bond donors (Lipinski definition) is 1. The molecule has 0 bridgehead atoms. The van der Waals surface area contributed by atoms with E-state index in [2.05, 4.69) is 13.8 Å². The second kappa shape index (κ2) is 6.44. The van der Waals surface area contributed by atoms with E-state index in [0.29, 0.717) is 5.92 Å². The molecule has 12 heavy (non-hydrogen) atoms. The fourth-order valence-corrected chi connectivity index (χ4v) is 1.57. The van der Waals surface area contributed by atoms with Crippen molar-refractivity contribution in [1.29, 1.82) is 0 Å². The van der Waals surface area contributed by atoms with Gasteiger partial charge in [-0.15, -0.1) is 0 Å². The Morgan fingerprint density at radius 3 is 2.33 bits per heavy atom. The van der Waals surface area contributed by atoms with Crippen LogP contribution in [0.1, 0.15) is 33.1 Å². The molecule has 74 valence electrons. The van der Waals surface area contributed by atoms with Gasteiger partial charge in [0, 0.05) is 6.54 Å². The maximum absolute atomic E-state index is 9.57. The van der Waals surface area contributed by atoms with Gasteiger partial charge < -0.3 is 10.0 Å². The third kappa shape index (κ3) is 6.62. The molecule has 0 fully saturated rings. The Morgan fingerprint density at radius 2 is 1.92 bits per heavy atom. The van der Waals surface area contributed by atoms with Gasteiger partial charge in [-0.05, 0) is 26.4 Å². The summed E-state index contributed by atoms with van der Waals surface area (Å²) in [6.45, 7) is 5.19. The lowest BCUT2D eigenvalue weighted by molar-refractivity contribution is 0.111. The Bertz CT molecular complexity index is 104. The van der Waals surface area contributed by atoms with Crippen LogP contribution >= 0.6 is 0 Å². The summed E-state index contributed by atoms with van der Waals surface area (Å²) < 4.78 is 0. The molecule has 0 radical (unpaired) electrons. The number of hydrogen-bond acceptors (Lipinski definition) is 2. The molecular weight excluding hydrogens is 150 g/mol. The van der Waals surface area contributed by atoms with Gasteiger partial charge >= 0.3 is 0 Å². The van der Waals surface area contributed by atoms with Crippen molar-refractivity contribution in [2.75, 3.05) is 20.6 Å². The summed E-state index contributed by atoms with van der Waals surface area (Å²) in [6, 6.07) is 0. The molecule has 0 aromatic heterocycles. The number of nitrogens with zero attached hydrogens (tertiary/aromatic N) is 1. The van der Waals surface area contributed by atoms with Gasteiger partial charge in [0.15, 0.2) is 0 Å². The van der Waals surface area contributed by atoms with Crippen LogP contribution in [0.5, 0.6) is 0 Å². The van der Waals surface area contributed by atoms with Gasteiger partial charge in [-0.1, -0.05) is 26.7 Å². The molecule has 0 aliphatic carbocycles. The van der Waals surface area contributed by atoms with Crippen LogP contribution in [0.15, 0.2) is 0 Å². The normalized spacial score (nSPS) is 16.5. The van der Waals surface area contributed by atoms with Crippen molar-refractivity contribution < 1.29 is 5.11 Å². The van der Waals surface area contributed by atoms with Crippen molar-refractivity contribution in [2.24, 2.45) is 5.92 Å². The molecule has 1 N–H and O–H groups in total. The average Bonchev–Trinajstić information content (AvgIpc) is 1.84. The monoisotopic (exact) mass is 173 g/mol. The van der Waals surface area contributed by atoms with Crippen LogP contribution in [-0.2, 0) is 0 Å². The van der Waals surface area contributed by atoms with Crippen molar-refractivity contribution in [2.45, 2.75) is 39.2 Å². The summed E-state index contributed by atoms with van der Waals surface area (Å²) in [4.78, 5) is 2.03. The SMILES string of the molecule is CCCC(C)CC(O)CN(C)C. The fourth-order valence-electron chi connectivity index (χ4n) is 1.57. The second-order valence-electron chi connectivity index (χ2n) is 4.05. The molecule has 0 rings (SSSR count). The molecule has 0 heterocycles. The first kappa shape index (κ1) is 11.9. The number of rotatable bonds is 6. The first-order valence-corrected chi connectivity index (χ1v) is 4.89. The molecule has 0 aliphatic heterocycles. The average molecular weight is 173 g/mol. The predicted molar refractivity (Wildman–Crippen MR) is 53.2 cm³/mol. The molecule has 0 aromatic rings. The fraction of sp³-hybridized carbons (Fsp3) is 1.00. The minimum absolute atomic E-state index is 0.151. The lowest BCUT2D eigenvalue weighted by Crippen LogP contribution is -2.27. The second-order valence-corrected chi connectivity index (χ2v) is 4.05. The van der Waals surface area contributed by atoms with Gasteiger partial charge in [0.25, 0.3) is 0 Å². The van der Waals surface area contributed by atoms with Gasteiger partial charge in [0.1, 0.15) is 0 Å². The van der Waals surface area contributed by atoms with E-state index in [1.54, 1.807) is 0 Å². The Hall–Kier alpha value is -0.0800. The Labute approximate surface area is 76.6 Å². The lowest BCUT2D eigenvalue weighted by atomic mass is 9.99. The third-order valence-electron chi connectivity index (χ3n) is 2.03. The number of likely N-dealkylation sites (N-methyl/N-ethyl adjacent to an activating group) is 1. The van der Waals surface area contributed by atoms with Crippen molar-refractivity contribution in [1.82, 2.24) is 4.90 Å². The Balaban J connectivity index is 3.46. The van der Waals surface area contributed by atoms with E-state index in [1.165, 1.54) is 12.8 Å². The van der Waals surface area contributed by atoms with Crippen molar-refractivity contribution in [3.05, 3.63) is 0 Å². The molecule has 2 heteroatoms. The summed E-state index contributed by atoms with van der Waals surface area (Å²) in [5, 5.41) is 9.57. The zero-order valence-electron chi connectivity index (χ0n) is 8.88. The van der Waals surface area contributed by atoms with Crippen LogP contribution in [0.4, 0.5) is 0 Å². The summed E-state index contributed by atoms with van der Waals surface area (Å²) in [7, 11) is 3.99. The largest absolute Gasteiger partial charge is 0.392 e. The van der Waals surface area contributed by atoms with E-state index in [1.807, 2.05) is 19.0 Å². The first-order valence-electron chi connectivity index (χ1n) is 4.89. The van der Waals surface area contributed by atoms with Crippen molar-refractivity contribution in [3.63, 3.8) is 0 Å². The van der Waals surface area contributed by atoms with Crippen molar-refractivity contribution in [3.8, 4) is 0 Å². The highest BCUT2D eigenvalue weighted by atomic mass is 16.3. The molecule has 0 saturated heterocycles. The van der Waals surface area contributed by atoms with Crippen LogP contribution in [0, 0.1) is 5.92 Å². The predicted octanol–water partition coefficient (Wildman–Crippen LogP) is 1.74. The molecule has 2 unspecified atom stereocenters. The van der Waals surface area contributed by atoms with Crippen molar-refractivity contribution >= 4 is 0 Å². The molecule has 0 saturated carbocycles. The van der Waals surface area contributed by atoms with E-state index in [9.17, 15) is 5.11 Å². The van der Waals surface area contributed by atoms with Crippen LogP contribution < -0.4 is 0 Å². The quantitative estimate of drug-likeness (QED) is 0.661. The zero-order chi connectivity index (χ0) is 9.56. The van der Waals surface area contributed by atoms with E-state index < -0.39 is 0 Å². The van der Waals surface area contributed by atoms with Crippen LogP contribution in [0.3, 0.4) is 0 Å². The molecule has 0 aromatic carbocycles. The number of aliphatic hydroxyl groups excluding tert-OH is 1. The van der Waals surface area contributed by atoms with E-state index >= 15 is 0 Å². The van der Waals surface area contributed by atoms with Gasteiger partial charge in [-0.25, -0.2) is 0 Å². The van der Waals surface area contributed by atoms with Gasteiger partial charge in [-0.3, -0.25) is 0 Å². The van der Waals surface area contributed by atoms with Crippen LogP contribution in [0.25, 0.3) is 0 Å². The number of aliphatic hydroxyl groups is 1. The maximum atomic E-state index is 9.57. The van der Waals surface area contributed by atoms with Crippen LogP contribution in [0.2, 0.25) is 0 Å². The molecule has 0 aliphatic rings. The smallest absolute Gasteiger partial charge is 0.0669 e. The molecule has 2 nitrogen and oxygen atoms in total. The molecule has 0 spiro atoms. The summed E-state index contributed by atoms with van der Waals surface area (Å²) in [6.07, 6.45) is 3.23. The van der Waals surface area contributed by atoms with Crippen LogP contribution in [-0.4, -0.2) is 36.8 Å². The highest BCUT2D eigenvalue weighted by molar-refractivity contribution is 4.63. The summed E-state index contributed by atoms with van der Waals surface area (Å²) >= 11 is 0. The molecule has 0 amide bonds. The Morgan fingerprint density at radius 1 is 1.33 bits per heavy atom. The lowest BCUT2D eigenvalue weighted by Gasteiger charge is -2.19. The van der Waals surface area contributed by atoms with Gasteiger partial charge in [0.05, 0.1) is 6.10 Å². The molecular formula is C10H23NO. The standard InChI is InChI=1S/C10H23NO/c1-5-6-9(2)7-10(12)8-11(3)4/h9-10,12H,5-8H2,1-4H3. The minimum Gasteiger partial charge on any atom is -0.392 e. The Kier molecular flexibility index (Phi) is 6.39. The minimum atomic E-state index is -0.151. The van der Waals surface area contributed by atoms with Gasteiger partial charge in [0.2, 0.25) is 0 Å². The first-order chi connectivity index (χ1) is 5.56. The van der Waals surface area contributed by atoms with E-state index in [-0.39, 0.29) is 6.10 Å². The van der Waals surface area contributed by atoms with E-state index in [4.69, 9.17) is 0 Å². The topological polar surface area (TPSA) is 23.5 Å². The highest BCUT2D eigenvalue weighted by Crippen LogP contribution is 2.12. The molecule has 2 atom stereocenters.